The van der Waals surface area contributed by atoms with Gasteiger partial charge in [-0.3, -0.25) is 9.89 Å². The molecular formula is C20H26N6O3. The Bertz CT molecular complexity index is 1150. The molecule has 3 aromatic heterocycles. The number of hydrogen-bond acceptors (Lipinski definition) is 6. The Morgan fingerprint density at radius 2 is 1.93 bits per heavy atom. The van der Waals surface area contributed by atoms with Crippen molar-refractivity contribution in [2.75, 3.05) is 13.1 Å². The van der Waals surface area contributed by atoms with E-state index in [0.29, 0.717) is 24.4 Å². The van der Waals surface area contributed by atoms with Crippen LogP contribution in [0, 0.1) is 13.8 Å². The Labute approximate surface area is 168 Å². The number of carbonyl (C=O) groups is 1. The van der Waals surface area contributed by atoms with Crippen LogP contribution in [0.25, 0.3) is 16.7 Å². The first kappa shape index (κ1) is 19.4. The standard InChI is InChI=1S/C20H26N6O3/c1-11-12(2)22-23-17-16(11)18-21-15(27)10-14(26(18)24-17)13-6-8-25(9-7-13)19(28)29-20(3,4)5/h10,13H,6-9H2,1-5H3,(H,23,24). The van der Waals surface area contributed by atoms with Crippen molar-refractivity contribution in [3.05, 3.63) is 33.4 Å². The summed E-state index contributed by atoms with van der Waals surface area (Å²) in [4.78, 5) is 30.6. The van der Waals surface area contributed by atoms with Crippen molar-refractivity contribution in [1.82, 2.24) is 29.7 Å². The number of piperidine rings is 1. The van der Waals surface area contributed by atoms with Gasteiger partial charge in [0.1, 0.15) is 5.60 Å². The average molecular weight is 398 g/mol. The van der Waals surface area contributed by atoms with Crippen LogP contribution < -0.4 is 5.56 Å². The second kappa shape index (κ2) is 6.82. The number of aromatic nitrogens is 5. The van der Waals surface area contributed by atoms with Crippen molar-refractivity contribution in [3.8, 4) is 0 Å². The summed E-state index contributed by atoms with van der Waals surface area (Å²) < 4.78 is 7.22. The van der Waals surface area contributed by atoms with Gasteiger partial charge in [-0.15, -0.1) is 5.10 Å². The van der Waals surface area contributed by atoms with Crippen LogP contribution in [0.5, 0.6) is 0 Å². The van der Waals surface area contributed by atoms with E-state index in [4.69, 9.17) is 4.74 Å². The number of H-pyrrole nitrogens is 1. The number of aryl methyl sites for hydroxylation is 2. The van der Waals surface area contributed by atoms with Gasteiger partial charge in [0.2, 0.25) is 0 Å². The number of aromatic amines is 1. The number of amides is 1. The topological polar surface area (TPSA) is 105 Å². The van der Waals surface area contributed by atoms with E-state index < -0.39 is 5.60 Å². The zero-order valence-corrected chi connectivity index (χ0v) is 17.4. The molecule has 1 aliphatic rings. The minimum Gasteiger partial charge on any atom is -0.444 e. The Morgan fingerprint density at radius 3 is 2.59 bits per heavy atom. The highest BCUT2D eigenvalue weighted by atomic mass is 16.6. The van der Waals surface area contributed by atoms with Crippen molar-refractivity contribution in [1.29, 1.82) is 0 Å². The average Bonchev–Trinajstić information content (AvgIpc) is 3.02. The molecule has 1 aliphatic heterocycles. The maximum Gasteiger partial charge on any atom is 0.410 e. The van der Waals surface area contributed by atoms with Gasteiger partial charge in [-0.05, 0) is 53.0 Å². The van der Waals surface area contributed by atoms with E-state index in [1.807, 2.05) is 34.6 Å². The molecule has 1 N–H and O–H groups in total. The molecule has 1 fully saturated rings. The molecule has 9 nitrogen and oxygen atoms in total. The second-order valence-corrected chi connectivity index (χ2v) is 8.65. The normalized spacial score (nSPS) is 16.0. The molecule has 0 spiro atoms. The first-order valence-electron chi connectivity index (χ1n) is 9.87. The van der Waals surface area contributed by atoms with Gasteiger partial charge in [-0.2, -0.15) is 10.1 Å². The fourth-order valence-electron chi connectivity index (χ4n) is 3.82. The van der Waals surface area contributed by atoms with Crippen molar-refractivity contribution in [2.45, 2.75) is 59.0 Å². The Morgan fingerprint density at radius 1 is 1.24 bits per heavy atom. The van der Waals surface area contributed by atoms with Crippen LogP contribution in [0.15, 0.2) is 10.9 Å². The summed E-state index contributed by atoms with van der Waals surface area (Å²) in [6.07, 6.45) is 1.17. The minimum atomic E-state index is -0.516. The lowest BCUT2D eigenvalue weighted by molar-refractivity contribution is 0.0203. The smallest absolute Gasteiger partial charge is 0.410 e. The summed E-state index contributed by atoms with van der Waals surface area (Å²) >= 11 is 0. The molecule has 9 heteroatoms. The van der Waals surface area contributed by atoms with Crippen molar-refractivity contribution < 1.29 is 9.53 Å². The minimum absolute atomic E-state index is 0.107. The third kappa shape index (κ3) is 3.56. The van der Waals surface area contributed by atoms with Gasteiger partial charge < -0.3 is 9.64 Å². The highest BCUT2D eigenvalue weighted by Gasteiger charge is 2.29. The molecule has 154 valence electrons. The lowest BCUT2D eigenvalue weighted by Gasteiger charge is -2.33. The summed E-state index contributed by atoms with van der Waals surface area (Å²) in [6.45, 7) is 10.6. The number of rotatable bonds is 1. The fourth-order valence-corrected chi connectivity index (χ4v) is 3.82. The summed E-state index contributed by atoms with van der Waals surface area (Å²) in [7, 11) is 0. The Hall–Kier alpha value is -2.97. The molecule has 0 bridgehead atoms. The number of nitrogens with zero attached hydrogens (tertiary/aromatic N) is 5. The number of carbonyl (C=O) groups excluding carboxylic acids is 1. The van der Waals surface area contributed by atoms with E-state index in [-0.39, 0.29) is 17.6 Å². The van der Waals surface area contributed by atoms with Crippen LogP contribution in [-0.4, -0.2) is 54.5 Å². The van der Waals surface area contributed by atoms with Crippen molar-refractivity contribution >= 4 is 22.8 Å². The lowest BCUT2D eigenvalue weighted by Crippen LogP contribution is -2.41. The molecule has 0 aliphatic carbocycles. The molecule has 29 heavy (non-hydrogen) atoms. The zero-order chi connectivity index (χ0) is 20.9. The number of hydrogen-bond donors (Lipinski definition) is 1. The molecule has 0 saturated carbocycles. The number of fused-ring (bicyclic) bond motifs is 3. The summed E-state index contributed by atoms with van der Waals surface area (Å²) in [5, 5.41) is 12.7. The molecule has 0 unspecified atom stereocenters. The van der Waals surface area contributed by atoms with Gasteiger partial charge >= 0.3 is 6.09 Å². The first-order chi connectivity index (χ1) is 13.6. The predicted octanol–water partition coefficient (Wildman–Crippen LogP) is 2.70. The highest BCUT2D eigenvalue weighted by molar-refractivity contribution is 5.92. The van der Waals surface area contributed by atoms with E-state index in [2.05, 4.69) is 20.3 Å². The molecule has 0 aromatic carbocycles. The van der Waals surface area contributed by atoms with Crippen molar-refractivity contribution in [3.63, 3.8) is 0 Å². The van der Waals surface area contributed by atoms with E-state index in [9.17, 15) is 9.59 Å². The van der Waals surface area contributed by atoms with Crippen LogP contribution in [-0.2, 0) is 4.74 Å². The molecule has 4 rings (SSSR count). The Kier molecular flexibility index (Phi) is 4.55. The van der Waals surface area contributed by atoms with Crippen LogP contribution in [0.4, 0.5) is 4.79 Å². The summed E-state index contributed by atoms with van der Waals surface area (Å²) in [5.74, 6) is 0.107. The molecule has 1 saturated heterocycles. The maximum absolute atomic E-state index is 12.4. The van der Waals surface area contributed by atoms with Gasteiger partial charge in [0.25, 0.3) is 5.56 Å². The third-order valence-corrected chi connectivity index (χ3v) is 5.41. The molecule has 0 radical (unpaired) electrons. The van der Waals surface area contributed by atoms with Gasteiger partial charge in [0, 0.05) is 25.1 Å². The van der Waals surface area contributed by atoms with Gasteiger partial charge in [-0.25, -0.2) is 9.31 Å². The van der Waals surface area contributed by atoms with E-state index >= 15 is 0 Å². The molecular weight excluding hydrogens is 372 g/mol. The molecule has 1 amide bonds. The van der Waals surface area contributed by atoms with Crippen LogP contribution in [0.2, 0.25) is 0 Å². The van der Waals surface area contributed by atoms with Crippen molar-refractivity contribution in [2.24, 2.45) is 0 Å². The molecule has 4 heterocycles. The molecule has 3 aromatic rings. The van der Waals surface area contributed by atoms with Gasteiger partial charge in [-0.1, -0.05) is 0 Å². The van der Waals surface area contributed by atoms with Crippen LogP contribution in [0.3, 0.4) is 0 Å². The largest absolute Gasteiger partial charge is 0.444 e. The third-order valence-electron chi connectivity index (χ3n) is 5.41. The SMILES string of the molecule is Cc1n[nH]c2nn3c(C4CCN(C(=O)OC(C)(C)C)CC4)cc(=O)nc3c2c1C. The van der Waals surface area contributed by atoms with E-state index in [1.165, 1.54) is 0 Å². The Balaban J connectivity index is 1.66. The predicted molar refractivity (Wildman–Crippen MR) is 108 cm³/mol. The molecule has 0 atom stereocenters. The summed E-state index contributed by atoms with van der Waals surface area (Å²) in [6, 6.07) is 1.56. The van der Waals surface area contributed by atoms with Gasteiger partial charge in [0.05, 0.1) is 16.8 Å². The number of likely N-dealkylation sites (tertiary alicyclic amines) is 1. The number of nitrogens with one attached hydrogen (secondary N) is 1. The fraction of sp³-hybridized carbons (Fsp3) is 0.550. The highest BCUT2D eigenvalue weighted by Crippen LogP contribution is 2.30. The monoisotopic (exact) mass is 398 g/mol. The van der Waals surface area contributed by atoms with Gasteiger partial charge in [0.15, 0.2) is 11.3 Å². The zero-order valence-electron chi connectivity index (χ0n) is 17.4. The first-order valence-corrected chi connectivity index (χ1v) is 9.87. The van der Waals surface area contributed by atoms with Crippen LogP contribution in [0.1, 0.15) is 56.5 Å². The number of ether oxygens (including phenoxy) is 1. The second-order valence-electron chi connectivity index (χ2n) is 8.65. The lowest BCUT2D eigenvalue weighted by atomic mass is 9.93. The quantitative estimate of drug-likeness (QED) is 0.676. The summed E-state index contributed by atoms with van der Waals surface area (Å²) in [5.41, 5.74) is 2.99. The van der Waals surface area contributed by atoms with E-state index in [0.717, 1.165) is 35.2 Å². The van der Waals surface area contributed by atoms with E-state index in [1.54, 1.807) is 15.5 Å². The van der Waals surface area contributed by atoms with Crippen LogP contribution >= 0.6 is 0 Å². The maximum atomic E-state index is 12.4.